The van der Waals surface area contributed by atoms with Crippen molar-refractivity contribution in [3.63, 3.8) is 0 Å². The Morgan fingerprint density at radius 3 is 2.73 bits per heavy atom. The number of benzene rings is 1. The van der Waals surface area contributed by atoms with Gasteiger partial charge in [-0.05, 0) is 58.0 Å². The predicted molar refractivity (Wildman–Crippen MR) is 119 cm³/mol. The minimum Gasteiger partial charge on any atom is -0.504 e. The molecule has 0 amide bonds. The van der Waals surface area contributed by atoms with E-state index in [1.54, 1.807) is 12.1 Å². The molecular formula is C23H29ClN2O7. The van der Waals surface area contributed by atoms with Crippen LogP contribution in [0, 0.1) is 0 Å². The summed E-state index contributed by atoms with van der Waals surface area (Å²) in [5.74, 6) is -0.859. The van der Waals surface area contributed by atoms with Crippen LogP contribution in [0.15, 0.2) is 24.0 Å². The molecule has 6 atom stereocenters. The van der Waals surface area contributed by atoms with E-state index in [-0.39, 0.29) is 36.4 Å². The summed E-state index contributed by atoms with van der Waals surface area (Å²) in [6.07, 6.45) is 1.24. The normalized spacial score (nSPS) is 32.9. The summed E-state index contributed by atoms with van der Waals surface area (Å²) in [5, 5.41) is 22.6. The number of halogens is 1. The fourth-order valence-corrected chi connectivity index (χ4v) is 5.97. The summed E-state index contributed by atoms with van der Waals surface area (Å²) in [5.41, 5.74) is 5.35. The van der Waals surface area contributed by atoms with E-state index in [4.69, 9.17) is 19.9 Å². The van der Waals surface area contributed by atoms with E-state index in [2.05, 4.69) is 4.90 Å². The van der Waals surface area contributed by atoms with Crippen molar-refractivity contribution in [1.82, 2.24) is 4.90 Å². The fraction of sp³-hybridized carbons (Fsp3) is 0.565. The number of carbonyl (C=O) groups is 2. The van der Waals surface area contributed by atoms with Gasteiger partial charge >= 0.3 is 11.9 Å². The Kier molecular flexibility index (Phi) is 5.68. The van der Waals surface area contributed by atoms with Crippen LogP contribution in [0.1, 0.15) is 37.8 Å². The maximum atomic E-state index is 12.7. The van der Waals surface area contributed by atoms with E-state index >= 15 is 0 Å². The minimum absolute atomic E-state index is 0. The van der Waals surface area contributed by atoms with Crippen LogP contribution >= 0.6 is 12.4 Å². The monoisotopic (exact) mass is 480 g/mol. The summed E-state index contributed by atoms with van der Waals surface area (Å²) in [6, 6.07) is 2.49. The highest BCUT2D eigenvalue weighted by molar-refractivity contribution is 5.85. The highest BCUT2D eigenvalue weighted by Gasteiger charge is 2.72. The van der Waals surface area contributed by atoms with Crippen molar-refractivity contribution in [2.75, 3.05) is 13.6 Å². The maximum Gasteiger partial charge on any atom is 0.352 e. The summed E-state index contributed by atoms with van der Waals surface area (Å²) < 4.78 is 17.0. The highest BCUT2D eigenvalue weighted by atomic mass is 35.5. The van der Waals surface area contributed by atoms with E-state index < -0.39 is 41.2 Å². The molecular weight excluding hydrogens is 452 g/mol. The zero-order valence-electron chi connectivity index (χ0n) is 18.7. The molecule has 33 heavy (non-hydrogen) atoms. The molecule has 180 valence electrons. The van der Waals surface area contributed by atoms with E-state index in [1.165, 1.54) is 13.8 Å². The molecule has 2 aliphatic carbocycles. The zero-order valence-corrected chi connectivity index (χ0v) is 19.6. The lowest BCUT2D eigenvalue weighted by atomic mass is 9.50. The van der Waals surface area contributed by atoms with Gasteiger partial charge in [0, 0.05) is 18.0 Å². The van der Waals surface area contributed by atoms with Crippen LogP contribution in [0.4, 0.5) is 0 Å². The van der Waals surface area contributed by atoms with Gasteiger partial charge in [-0.25, -0.2) is 4.79 Å². The van der Waals surface area contributed by atoms with Gasteiger partial charge in [0.05, 0.1) is 11.0 Å². The Morgan fingerprint density at radius 1 is 1.30 bits per heavy atom. The first-order valence-corrected chi connectivity index (χ1v) is 10.9. The number of likely N-dealkylation sites (N-methyl/N-ethyl adjacent to an activating group) is 1. The molecule has 4 aliphatic rings. The average Bonchev–Trinajstić information content (AvgIpc) is 3.10. The van der Waals surface area contributed by atoms with Gasteiger partial charge < -0.3 is 35.1 Å². The molecule has 1 aromatic carbocycles. The summed E-state index contributed by atoms with van der Waals surface area (Å²) in [4.78, 5) is 26.6. The number of esters is 2. The lowest BCUT2D eigenvalue weighted by Gasteiger charge is -2.61. The molecule has 4 N–H and O–H groups in total. The molecule has 2 bridgehead atoms. The van der Waals surface area contributed by atoms with Crippen molar-refractivity contribution in [2.24, 2.45) is 5.73 Å². The van der Waals surface area contributed by atoms with Gasteiger partial charge in [-0.1, -0.05) is 6.07 Å². The molecule has 1 fully saturated rings. The highest BCUT2D eigenvalue weighted by Crippen LogP contribution is 2.65. The summed E-state index contributed by atoms with van der Waals surface area (Å²) in [6.45, 7) is 3.61. The van der Waals surface area contributed by atoms with Crippen molar-refractivity contribution >= 4 is 24.3 Å². The van der Waals surface area contributed by atoms with E-state index in [0.717, 1.165) is 17.7 Å². The lowest BCUT2D eigenvalue weighted by molar-refractivity contribution is -0.175. The number of phenols is 1. The number of aromatic hydroxyl groups is 1. The fourth-order valence-electron chi connectivity index (χ4n) is 5.97. The molecule has 0 unspecified atom stereocenters. The molecule has 1 aromatic rings. The standard InChI is InChI=1S/C23H28N2O7.ClH/c1-11(24)20(27)30-12(2)21(28)31-15-6-7-23(29)16-10-13-4-5-14(26)18-17(13)22(23,19(15)32-18)8-9-25(16)3;/h4-6,11-12,16,19,26,29H,7-10,24H2,1-3H3;1H/t11-,12-,16-,19-,22-,23+;/m0./s1. The number of carbonyl (C=O) groups excluding carboxylic acids is 2. The first-order valence-electron chi connectivity index (χ1n) is 10.9. The zero-order chi connectivity index (χ0) is 23.0. The number of rotatable bonds is 4. The molecule has 2 aliphatic heterocycles. The average molecular weight is 481 g/mol. The van der Waals surface area contributed by atoms with Crippen LogP contribution in [0.5, 0.6) is 11.5 Å². The van der Waals surface area contributed by atoms with Crippen molar-refractivity contribution in [1.29, 1.82) is 0 Å². The van der Waals surface area contributed by atoms with Crippen molar-refractivity contribution in [3.05, 3.63) is 35.1 Å². The van der Waals surface area contributed by atoms with E-state index in [0.29, 0.717) is 18.6 Å². The minimum atomic E-state index is -1.16. The SMILES string of the molecule is C[C@H](N)C(=O)O[C@@H](C)C(=O)OC1=CC[C@@]2(O)[C@@H]3Cc4ccc(O)c5c4[C@@]2(CCN3C)[C@H]1O5.Cl. The van der Waals surface area contributed by atoms with Crippen LogP contribution in [-0.2, 0) is 30.9 Å². The van der Waals surface area contributed by atoms with E-state index in [1.807, 2.05) is 13.1 Å². The number of aliphatic hydroxyl groups is 1. The van der Waals surface area contributed by atoms with Crippen LogP contribution < -0.4 is 10.5 Å². The van der Waals surface area contributed by atoms with Crippen molar-refractivity contribution in [2.45, 2.75) is 68.4 Å². The maximum absolute atomic E-state index is 12.7. The Hall–Kier alpha value is -2.33. The molecule has 5 rings (SSSR count). The van der Waals surface area contributed by atoms with Crippen molar-refractivity contribution in [3.8, 4) is 11.5 Å². The first kappa shape index (κ1) is 23.8. The van der Waals surface area contributed by atoms with Crippen molar-refractivity contribution < 1.29 is 34.0 Å². The largest absolute Gasteiger partial charge is 0.504 e. The summed E-state index contributed by atoms with van der Waals surface area (Å²) >= 11 is 0. The van der Waals surface area contributed by atoms with Crippen LogP contribution in [0.25, 0.3) is 0 Å². The second kappa shape index (κ2) is 7.87. The van der Waals surface area contributed by atoms with Gasteiger partial charge in [-0.15, -0.1) is 12.4 Å². The Morgan fingerprint density at radius 2 is 2.03 bits per heavy atom. The quantitative estimate of drug-likeness (QED) is 0.538. The number of likely N-dealkylation sites (tertiary alicyclic amines) is 1. The third-order valence-electron chi connectivity index (χ3n) is 7.57. The molecule has 1 saturated heterocycles. The number of ether oxygens (including phenoxy) is 3. The molecule has 1 spiro atoms. The molecule has 2 heterocycles. The Labute approximate surface area is 197 Å². The second-order valence-electron chi connectivity index (χ2n) is 9.39. The number of phenolic OH excluding ortho intramolecular Hbond substituents is 1. The first-order chi connectivity index (χ1) is 15.1. The van der Waals surface area contributed by atoms with Gasteiger partial charge in [-0.3, -0.25) is 4.79 Å². The third-order valence-corrected chi connectivity index (χ3v) is 7.57. The molecule has 0 aromatic heterocycles. The number of nitrogens with zero attached hydrogens (tertiary/aromatic N) is 1. The topological polar surface area (TPSA) is 132 Å². The molecule has 9 nitrogen and oxygen atoms in total. The molecule has 0 radical (unpaired) electrons. The van der Waals surface area contributed by atoms with Gasteiger partial charge in [0.2, 0.25) is 0 Å². The Balaban J connectivity index is 0.00000259. The van der Waals surface area contributed by atoms with Gasteiger partial charge in [0.1, 0.15) is 11.8 Å². The number of piperidine rings is 1. The third kappa shape index (κ3) is 3.10. The van der Waals surface area contributed by atoms with Crippen LogP contribution in [-0.4, -0.2) is 70.5 Å². The predicted octanol–water partition coefficient (Wildman–Crippen LogP) is 0.914. The number of hydrogen-bond acceptors (Lipinski definition) is 9. The summed E-state index contributed by atoms with van der Waals surface area (Å²) in [7, 11) is 2.00. The van der Waals surface area contributed by atoms with E-state index in [9.17, 15) is 19.8 Å². The lowest BCUT2D eigenvalue weighted by Crippen LogP contribution is -2.74. The van der Waals surface area contributed by atoms with Gasteiger partial charge in [0.25, 0.3) is 0 Å². The number of nitrogens with two attached hydrogens (primary N) is 1. The van der Waals surface area contributed by atoms with Gasteiger partial charge in [0.15, 0.2) is 23.7 Å². The molecule has 10 heteroatoms. The second-order valence-corrected chi connectivity index (χ2v) is 9.39. The van der Waals surface area contributed by atoms with Crippen LogP contribution in [0.2, 0.25) is 0 Å². The smallest absolute Gasteiger partial charge is 0.352 e. The van der Waals surface area contributed by atoms with Crippen LogP contribution in [0.3, 0.4) is 0 Å². The van der Waals surface area contributed by atoms with Gasteiger partial charge in [-0.2, -0.15) is 0 Å². The molecule has 0 saturated carbocycles. The number of hydrogen-bond donors (Lipinski definition) is 3. The Bertz CT molecular complexity index is 1040.